The van der Waals surface area contributed by atoms with E-state index in [0.29, 0.717) is 11.8 Å². The summed E-state index contributed by atoms with van der Waals surface area (Å²) in [5.74, 6) is 0.744. The van der Waals surface area contributed by atoms with E-state index in [1.54, 1.807) is 18.9 Å². The first-order chi connectivity index (χ1) is 8.65. The van der Waals surface area contributed by atoms with Crippen LogP contribution in [-0.4, -0.2) is 37.6 Å². The van der Waals surface area contributed by atoms with Crippen molar-refractivity contribution in [2.45, 2.75) is 12.2 Å². The van der Waals surface area contributed by atoms with Gasteiger partial charge in [0.25, 0.3) is 0 Å². The van der Waals surface area contributed by atoms with Crippen LogP contribution in [-0.2, 0) is 4.79 Å². The van der Waals surface area contributed by atoms with Gasteiger partial charge >= 0.3 is 0 Å². The zero-order chi connectivity index (χ0) is 13.4. The number of amides is 1. The van der Waals surface area contributed by atoms with Gasteiger partial charge in [-0.1, -0.05) is 6.92 Å². The maximum atomic E-state index is 11.6. The van der Waals surface area contributed by atoms with Crippen molar-refractivity contribution < 1.29 is 9.53 Å². The van der Waals surface area contributed by atoms with Crippen LogP contribution in [0.15, 0.2) is 24.3 Å². The lowest BCUT2D eigenvalue weighted by molar-refractivity contribution is -0.115. The topological polar surface area (TPSA) is 50.4 Å². The third kappa shape index (κ3) is 5.42. The van der Waals surface area contributed by atoms with Crippen molar-refractivity contribution in [1.82, 2.24) is 5.32 Å². The van der Waals surface area contributed by atoms with Crippen LogP contribution in [0.1, 0.15) is 6.92 Å². The van der Waals surface area contributed by atoms with E-state index in [2.05, 4.69) is 23.8 Å². The number of anilines is 1. The second-order valence-electron chi connectivity index (χ2n) is 3.95. The van der Waals surface area contributed by atoms with Crippen LogP contribution < -0.4 is 15.4 Å². The van der Waals surface area contributed by atoms with Gasteiger partial charge in [0.05, 0.1) is 13.7 Å². The molecule has 1 rings (SSSR count). The molecule has 0 bridgehead atoms. The molecule has 0 heterocycles. The first kappa shape index (κ1) is 14.9. The number of thioether (sulfide) groups is 1. The summed E-state index contributed by atoms with van der Waals surface area (Å²) >= 11 is 1.78. The minimum Gasteiger partial charge on any atom is -0.497 e. The van der Waals surface area contributed by atoms with Gasteiger partial charge in [-0.3, -0.25) is 4.79 Å². The number of carbonyl (C=O) groups is 1. The van der Waals surface area contributed by atoms with E-state index in [0.717, 1.165) is 18.0 Å². The van der Waals surface area contributed by atoms with Crippen LogP contribution >= 0.6 is 11.8 Å². The Morgan fingerprint density at radius 3 is 2.61 bits per heavy atom. The fraction of sp³-hybridized carbons (Fsp3) is 0.462. The summed E-state index contributed by atoms with van der Waals surface area (Å²) < 4.78 is 5.05. The molecule has 0 aliphatic rings. The van der Waals surface area contributed by atoms with Crippen molar-refractivity contribution in [3.63, 3.8) is 0 Å². The van der Waals surface area contributed by atoms with Gasteiger partial charge in [0, 0.05) is 17.5 Å². The van der Waals surface area contributed by atoms with Gasteiger partial charge in [0.15, 0.2) is 0 Å². The average molecular weight is 268 g/mol. The van der Waals surface area contributed by atoms with Crippen LogP contribution in [0.4, 0.5) is 5.69 Å². The normalized spacial score (nSPS) is 11.9. The molecule has 5 heteroatoms. The fourth-order valence-corrected chi connectivity index (χ4v) is 1.64. The largest absolute Gasteiger partial charge is 0.497 e. The van der Waals surface area contributed by atoms with Crippen LogP contribution in [0, 0.1) is 0 Å². The van der Waals surface area contributed by atoms with E-state index in [1.165, 1.54) is 0 Å². The molecule has 1 amide bonds. The molecule has 0 fully saturated rings. The number of ether oxygens (including phenoxy) is 1. The van der Waals surface area contributed by atoms with Crippen molar-refractivity contribution in [3.8, 4) is 5.75 Å². The highest BCUT2D eigenvalue weighted by Gasteiger charge is 2.03. The quantitative estimate of drug-likeness (QED) is 0.794. The maximum absolute atomic E-state index is 11.6. The van der Waals surface area contributed by atoms with Crippen LogP contribution in [0.3, 0.4) is 0 Å². The number of nitrogens with one attached hydrogen (secondary N) is 2. The highest BCUT2D eigenvalue weighted by molar-refractivity contribution is 7.99. The Hall–Kier alpha value is -1.20. The molecule has 1 aromatic rings. The van der Waals surface area contributed by atoms with Crippen molar-refractivity contribution in [2.24, 2.45) is 0 Å². The summed E-state index contributed by atoms with van der Waals surface area (Å²) in [6.07, 6.45) is 2.06. The first-order valence-corrected chi connectivity index (χ1v) is 7.12. The Bertz CT molecular complexity index is 368. The van der Waals surface area contributed by atoms with E-state index >= 15 is 0 Å². The molecule has 18 heavy (non-hydrogen) atoms. The van der Waals surface area contributed by atoms with Crippen LogP contribution in [0.2, 0.25) is 0 Å². The number of hydrogen-bond donors (Lipinski definition) is 2. The summed E-state index contributed by atoms with van der Waals surface area (Å²) in [6.45, 7) is 3.28. The smallest absolute Gasteiger partial charge is 0.238 e. The van der Waals surface area contributed by atoms with E-state index in [9.17, 15) is 4.79 Å². The van der Waals surface area contributed by atoms with E-state index < -0.39 is 0 Å². The third-order valence-electron chi connectivity index (χ3n) is 2.49. The van der Waals surface area contributed by atoms with Crippen LogP contribution in [0.25, 0.3) is 0 Å². The highest BCUT2D eigenvalue weighted by atomic mass is 32.2. The maximum Gasteiger partial charge on any atom is 0.238 e. The zero-order valence-corrected chi connectivity index (χ0v) is 11.8. The molecule has 0 radical (unpaired) electrons. The number of carbonyl (C=O) groups excluding carboxylic acids is 1. The summed E-state index contributed by atoms with van der Waals surface area (Å²) in [5, 5.41) is 6.46. The lowest BCUT2D eigenvalue weighted by Gasteiger charge is -2.10. The lowest BCUT2D eigenvalue weighted by atomic mass is 10.3. The molecular weight excluding hydrogens is 248 g/mol. The number of hydrogen-bond acceptors (Lipinski definition) is 4. The minimum atomic E-state index is -0.0338. The van der Waals surface area contributed by atoms with E-state index in [4.69, 9.17) is 4.74 Å². The lowest BCUT2D eigenvalue weighted by Crippen LogP contribution is -2.31. The predicted molar refractivity (Wildman–Crippen MR) is 77.5 cm³/mol. The summed E-state index contributed by atoms with van der Waals surface area (Å²) in [7, 11) is 1.62. The summed E-state index contributed by atoms with van der Waals surface area (Å²) in [4.78, 5) is 11.6. The number of rotatable bonds is 7. The zero-order valence-electron chi connectivity index (χ0n) is 11.0. The molecule has 0 aromatic heterocycles. The Labute approximate surface area is 112 Å². The van der Waals surface area contributed by atoms with Gasteiger partial charge in [-0.15, -0.1) is 0 Å². The van der Waals surface area contributed by atoms with Crippen molar-refractivity contribution in [2.75, 3.05) is 31.8 Å². The first-order valence-electron chi connectivity index (χ1n) is 5.83. The second kappa shape index (κ2) is 8.00. The van der Waals surface area contributed by atoms with Crippen molar-refractivity contribution >= 4 is 23.4 Å². The Balaban J connectivity index is 2.30. The fourth-order valence-electron chi connectivity index (χ4n) is 1.35. The van der Waals surface area contributed by atoms with Gasteiger partial charge < -0.3 is 15.4 Å². The Morgan fingerprint density at radius 1 is 1.39 bits per heavy atom. The van der Waals surface area contributed by atoms with Crippen molar-refractivity contribution in [3.05, 3.63) is 24.3 Å². The number of methoxy groups -OCH3 is 1. The molecule has 1 atom stereocenters. The highest BCUT2D eigenvalue weighted by Crippen LogP contribution is 2.14. The molecule has 4 nitrogen and oxygen atoms in total. The summed E-state index contributed by atoms with van der Waals surface area (Å²) in [6, 6.07) is 7.28. The second-order valence-corrected chi connectivity index (χ2v) is 5.23. The van der Waals surface area contributed by atoms with Gasteiger partial charge in [0.1, 0.15) is 5.75 Å². The van der Waals surface area contributed by atoms with Crippen molar-refractivity contribution in [1.29, 1.82) is 0 Å². The van der Waals surface area contributed by atoms with Gasteiger partial charge in [-0.2, -0.15) is 11.8 Å². The molecule has 2 N–H and O–H groups in total. The molecule has 0 aliphatic heterocycles. The average Bonchev–Trinajstić information content (AvgIpc) is 2.39. The van der Waals surface area contributed by atoms with Crippen LogP contribution in [0.5, 0.6) is 5.75 Å². The predicted octanol–water partition coefficient (Wildman–Crippen LogP) is 1.97. The molecule has 0 saturated heterocycles. The minimum absolute atomic E-state index is 0.0338. The third-order valence-corrected chi connectivity index (χ3v) is 3.46. The standard InChI is InChI=1S/C13H20N2O2S/c1-10(18-3)8-14-9-13(16)15-11-4-6-12(17-2)7-5-11/h4-7,10,14H,8-9H2,1-3H3,(H,15,16). The summed E-state index contributed by atoms with van der Waals surface area (Å²) in [5.41, 5.74) is 0.778. The van der Waals surface area contributed by atoms with Gasteiger partial charge in [0.2, 0.25) is 5.91 Å². The molecule has 0 spiro atoms. The molecule has 100 valence electrons. The monoisotopic (exact) mass is 268 g/mol. The number of benzene rings is 1. The molecular formula is C13H20N2O2S. The van der Waals surface area contributed by atoms with Gasteiger partial charge in [-0.05, 0) is 30.5 Å². The van der Waals surface area contributed by atoms with Gasteiger partial charge in [-0.25, -0.2) is 0 Å². The van der Waals surface area contributed by atoms with E-state index in [1.807, 2.05) is 24.3 Å². The SMILES string of the molecule is COc1ccc(NC(=O)CNCC(C)SC)cc1. The molecule has 1 unspecified atom stereocenters. The molecule has 1 aromatic carbocycles. The Kier molecular flexibility index (Phi) is 6.60. The molecule has 0 aliphatic carbocycles. The Morgan fingerprint density at radius 2 is 2.06 bits per heavy atom. The van der Waals surface area contributed by atoms with E-state index in [-0.39, 0.29) is 5.91 Å². The molecule has 0 saturated carbocycles.